The van der Waals surface area contributed by atoms with Crippen LogP contribution in [-0.4, -0.2) is 15.5 Å². The summed E-state index contributed by atoms with van der Waals surface area (Å²) in [7, 11) is 0. The third-order valence-electron chi connectivity index (χ3n) is 3.71. The van der Waals surface area contributed by atoms with Crippen LogP contribution in [0, 0.1) is 0 Å². The Kier molecular flexibility index (Phi) is 2.27. The van der Waals surface area contributed by atoms with Gasteiger partial charge in [0.25, 0.3) is 0 Å². The monoisotopic (exact) mass is 278 g/mol. The molecule has 0 bridgehead atoms. The van der Waals surface area contributed by atoms with E-state index in [1.54, 1.807) is 18.3 Å². The molecule has 4 rings (SSSR count). The number of hydrogen-bond donors (Lipinski definition) is 1. The lowest BCUT2D eigenvalue weighted by molar-refractivity contribution is 0.405. The van der Waals surface area contributed by atoms with Crippen molar-refractivity contribution in [2.24, 2.45) is 4.99 Å². The molecule has 21 heavy (non-hydrogen) atoms. The summed E-state index contributed by atoms with van der Waals surface area (Å²) in [5, 5.41) is 4.82. The molecule has 0 amide bonds. The Morgan fingerprint density at radius 2 is 2.14 bits per heavy atom. The summed E-state index contributed by atoms with van der Waals surface area (Å²) >= 11 is 0. The molecule has 1 aliphatic heterocycles. The minimum Gasteiger partial charge on any atom is -0.353 e. The molecule has 1 aliphatic rings. The van der Waals surface area contributed by atoms with Gasteiger partial charge in [-0.25, -0.2) is 0 Å². The van der Waals surface area contributed by atoms with E-state index < -0.39 is 0 Å². The highest BCUT2D eigenvalue weighted by molar-refractivity contribution is 6.28. The molecule has 0 radical (unpaired) electrons. The third-order valence-corrected chi connectivity index (χ3v) is 3.71. The van der Waals surface area contributed by atoms with Gasteiger partial charge in [0, 0.05) is 28.7 Å². The van der Waals surface area contributed by atoms with Crippen molar-refractivity contribution in [1.29, 1.82) is 0 Å². The summed E-state index contributed by atoms with van der Waals surface area (Å²) in [6.45, 7) is 7.58. The molecule has 1 aromatic carbocycles. The second-order valence-electron chi connectivity index (χ2n) is 4.82. The summed E-state index contributed by atoms with van der Waals surface area (Å²) in [5.74, 6) is 0. The fraction of sp³-hybridized carbons (Fsp3) is 0. The maximum Gasteiger partial charge on any atom is 0.101 e. The Balaban J connectivity index is 2.19. The van der Waals surface area contributed by atoms with E-state index in [0.717, 1.165) is 27.7 Å². The Hall–Kier alpha value is -2.95. The highest BCUT2D eigenvalue weighted by Gasteiger charge is 2.25. The van der Waals surface area contributed by atoms with E-state index in [-0.39, 0.29) is 0 Å². The predicted octanol–water partition coefficient (Wildman–Crippen LogP) is 3.79. The zero-order chi connectivity index (χ0) is 14.6. The molecular weight excluding hydrogens is 267 g/mol. The molecule has 1 N–H and O–H groups in total. The van der Waals surface area contributed by atoms with Crippen molar-refractivity contribution in [3.8, 4) is 0 Å². The van der Waals surface area contributed by atoms with Gasteiger partial charge in [-0.2, -0.15) is 4.79 Å². The molecule has 3 aromatic rings. The Bertz CT molecular complexity index is 965. The van der Waals surface area contributed by atoms with Crippen molar-refractivity contribution in [2.75, 3.05) is 5.32 Å². The molecular formula is C16H11FN4. The molecule has 5 heteroatoms. The maximum absolute atomic E-state index is 14.4. The van der Waals surface area contributed by atoms with Gasteiger partial charge < -0.3 is 5.32 Å². The van der Waals surface area contributed by atoms with Gasteiger partial charge in [0.2, 0.25) is 0 Å². The summed E-state index contributed by atoms with van der Waals surface area (Å²) in [6, 6.07) is 5.39. The van der Waals surface area contributed by atoms with E-state index in [4.69, 9.17) is 0 Å². The largest absolute Gasteiger partial charge is 0.353 e. The SMILES string of the molecule is C=CN=C1C(=C)Nc2c1ccc1c2c2ccncc2n1F. The first-order valence-corrected chi connectivity index (χ1v) is 6.45. The predicted molar refractivity (Wildman–Crippen MR) is 83.2 cm³/mol. The van der Waals surface area contributed by atoms with E-state index in [1.165, 1.54) is 12.4 Å². The molecule has 0 unspecified atom stereocenters. The zero-order valence-electron chi connectivity index (χ0n) is 11.1. The number of nitrogens with zero attached hydrogens (tertiary/aromatic N) is 3. The number of aliphatic imine (C=N–C) groups is 1. The summed E-state index contributed by atoms with van der Waals surface area (Å²) < 4.78 is 14.4. The molecule has 0 saturated carbocycles. The van der Waals surface area contributed by atoms with Crippen LogP contribution in [0.2, 0.25) is 0 Å². The number of hydrogen-bond acceptors (Lipinski definition) is 3. The molecule has 0 fully saturated rings. The van der Waals surface area contributed by atoms with Crippen molar-refractivity contribution in [2.45, 2.75) is 0 Å². The van der Waals surface area contributed by atoms with Crippen LogP contribution in [0.3, 0.4) is 0 Å². The van der Waals surface area contributed by atoms with Crippen LogP contribution in [0.5, 0.6) is 0 Å². The number of halogens is 1. The van der Waals surface area contributed by atoms with Crippen molar-refractivity contribution in [3.63, 3.8) is 0 Å². The first-order valence-electron chi connectivity index (χ1n) is 6.45. The van der Waals surface area contributed by atoms with E-state index in [0.29, 0.717) is 21.5 Å². The number of anilines is 1. The van der Waals surface area contributed by atoms with Gasteiger partial charge in [-0.15, -0.1) is 0 Å². The lowest BCUT2D eigenvalue weighted by Crippen LogP contribution is -1.98. The Labute approximate surface area is 119 Å². The first kappa shape index (κ1) is 11.8. The topological polar surface area (TPSA) is 42.2 Å². The average Bonchev–Trinajstić information content (AvgIpc) is 2.97. The maximum atomic E-state index is 14.4. The van der Waals surface area contributed by atoms with Crippen LogP contribution in [0.15, 0.2) is 60.6 Å². The number of aromatic nitrogens is 2. The van der Waals surface area contributed by atoms with Gasteiger partial charge >= 0.3 is 0 Å². The lowest BCUT2D eigenvalue weighted by Gasteiger charge is -2.01. The van der Waals surface area contributed by atoms with E-state index in [9.17, 15) is 4.48 Å². The van der Waals surface area contributed by atoms with E-state index in [1.807, 2.05) is 6.07 Å². The van der Waals surface area contributed by atoms with Crippen LogP contribution in [0.1, 0.15) is 5.56 Å². The molecule has 4 nitrogen and oxygen atoms in total. The number of benzene rings is 1. The van der Waals surface area contributed by atoms with Crippen molar-refractivity contribution in [1.82, 2.24) is 9.77 Å². The number of rotatable bonds is 1. The van der Waals surface area contributed by atoms with Crippen molar-refractivity contribution in [3.05, 3.63) is 61.2 Å². The van der Waals surface area contributed by atoms with Crippen molar-refractivity contribution < 1.29 is 4.48 Å². The molecule has 3 heterocycles. The average molecular weight is 278 g/mol. The van der Waals surface area contributed by atoms with Gasteiger partial charge in [-0.1, -0.05) is 17.6 Å². The van der Waals surface area contributed by atoms with Crippen LogP contribution in [0.25, 0.3) is 21.8 Å². The summed E-state index contributed by atoms with van der Waals surface area (Å²) in [4.78, 5) is 8.89. The summed E-state index contributed by atoms with van der Waals surface area (Å²) in [6.07, 6.45) is 4.65. The number of fused-ring (bicyclic) bond motifs is 5. The molecule has 0 atom stereocenters. The fourth-order valence-electron chi connectivity index (χ4n) is 2.85. The van der Waals surface area contributed by atoms with Gasteiger partial charge in [0.05, 0.1) is 28.8 Å². The second-order valence-corrected chi connectivity index (χ2v) is 4.82. The number of nitrogens with one attached hydrogen (secondary N) is 1. The molecule has 2 aromatic heterocycles. The molecule has 0 spiro atoms. The fourth-order valence-corrected chi connectivity index (χ4v) is 2.85. The van der Waals surface area contributed by atoms with E-state index in [2.05, 4.69) is 28.5 Å². The van der Waals surface area contributed by atoms with Gasteiger partial charge in [0.15, 0.2) is 0 Å². The van der Waals surface area contributed by atoms with E-state index >= 15 is 0 Å². The van der Waals surface area contributed by atoms with Crippen LogP contribution in [0.4, 0.5) is 10.2 Å². The van der Waals surface area contributed by atoms with Gasteiger partial charge in [0.1, 0.15) is 5.52 Å². The zero-order valence-corrected chi connectivity index (χ0v) is 11.1. The Morgan fingerprint density at radius 1 is 1.29 bits per heavy atom. The molecule has 102 valence electrons. The van der Waals surface area contributed by atoms with Gasteiger partial charge in [-0.3, -0.25) is 9.98 Å². The summed E-state index contributed by atoms with van der Waals surface area (Å²) in [5.41, 5.74) is 4.09. The third kappa shape index (κ3) is 1.43. The minimum atomic E-state index is 0.447. The normalized spacial score (nSPS) is 15.7. The molecule has 0 aliphatic carbocycles. The highest BCUT2D eigenvalue weighted by Crippen LogP contribution is 2.40. The van der Waals surface area contributed by atoms with Crippen LogP contribution < -0.4 is 5.32 Å². The number of pyridine rings is 1. The van der Waals surface area contributed by atoms with Crippen LogP contribution >= 0.6 is 0 Å². The first-order chi connectivity index (χ1) is 10.2. The van der Waals surface area contributed by atoms with Gasteiger partial charge in [-0.05, 0) is 18.2 Å². The minimum absolute atomic E-state index is 0.447. The number of allylic oxidation sites excluding steroid dienone is 1. The van der Waals surface area contributed by atoms with Crippen LogP contribution in [-0.2, 0) is 0 Å². The molecule has 0 saturated heterocycles. The van der Waals surface area contributed by atoms with Crippen molar-refractivity contribution >= 4 is 33.2 Å². The highest BCUT2D eigenvalue weighted by atomic mass is 19.2. The smallest absolute Gasteiger partial charge is 0.101 e. The standard InChI is InChI=1S/C16H11FN4/c1-3-19-15-9(2)20-16-11(15)4-5-12-14(16)10-6-7-18-8-13(10)21(12)17/h3-8,20H,1-2H2. The lowest BCUT2D eigenvalue weighted by atomic mass is 10.1. The second kappa shape index (κ2) is 4.02. The quantitative estimate of drug-likeness (QED) is 0.735. The Morgan fingerprint density at radius 3 is 2.95 bits per heavy atom.